The highest BCUT2D eigenvalue weighted by atomic mass is 16.3. The number of carbonyl (C=O) groups is 1. The standard InChI is InChI=1S/C28H32N2O2/c1-3-30(4-2)28(31)25-14-12-23(13-15-25)27(22-9-6-5-7-10-22)24-16-18-29(19-17-24)21-26-11-8-20-32-26/h5-15,20H,3-4,16-19,21H2,1-2H3. The first-order valence-corrected chi connectivity index (χ1v) is 11.6. The van der Waals surface area contributed by atoms with Crippen molar-refractivity contribution in [2.24, 2.45) is 0 Å². The normalized spacial score (nSPS) is 14.4. The minimum Gasteiger partial charge on any atom is -0.468 e. The third-order valence-corrected chi connectivity index (χ3v) is 6.31. The smallest absolute Gasteiger partial charge is 0.253 e. The van der Waals surface area contributed by atoms with Gasteiger partial charge in [0.2, 0.25) is 0 Å². The summed E-state index contributed by atoms with van der Waals surface area (Å²) in [6.45, 7) is 8.40. The van der Waals surface area contributed by atoms with E-state index in [1.807, 2.05) is 43.0 Å². The molecule has 1 aliphatic rings. The van der Waals surface area contributed by atoms with Crippen molar-refractivity contribution in [3.63, 3.8) is 0 Å². The number of piperidine rings is 1. The number of hydrogen-bond donors (Lipinski definition) is 0. The van der Waals surface area contributed by atoms with E-state index in [1.165, 1.54) is 22.3 Å². The van der Waals surface area contributed by atoms with Gasteiger partial charge in [-0.2, -0.15) is 0 Å². The van der Waals surface area contributed by atoms with Gasteiger partial charge < -0.3 is 9.32 Å². The Kier molecular flexibility index (Phi) is 7.23. The van der Waals surface area contributed by atoms with Crippen LogP contribution in [0.25, 0.3) is 5.57 Å². The number of rotatable bonds is 7. The molecule has 32 heavy (non-hydrogen) atoms. The minimum atomic E-state index is 0.0988. The Morgan fingerprint density at radius 3 is 2.06 bits per heavy atom. The van der Waals surface area contributed by atoms with Crippen molar-refractivity contribution >= 4 is 11.5 Å². The molecule has 3 aromatic rings. The maximum absolute atomic E-state index is 12.7. The molecule has 1 fully saturated rings. The number of furan rings is 1. The molecule has 4 rings (SSSR count). The predicted molar refractivity (Wildman–Crippen MR) is 129 cm³/mol. The maximum Gasteiger partial charge on any atom is 0.253 e. The Morgan fingerprint density at radius 2 is 1.47 bits per heavy atom. The fourth-order valence-electron chi connectivity index (χ4n) is 4.51. The van der Waals surface area contributed by atoms with Crippen LogP contribution in [0.15, 0.2) is 83.0 Å². The quantitative estimate of drug-likeness (QED) is 0.473. The van der Waals surface area contributed by atoms with Crippen LogP contribution in [0.4, 0.5) is 0 Å². The zero-order valence-corrected chi connectivity index (χ0v) is 19.1. The number of likely N-dealkylation sites (tertiary alicyclic amines) is 1. The molecule has 0 radical (unpaired) electrons. The van der Waals surface area contributed by atoms with Crippen LogP contribution in [0, 0.1) is 0 Å². The Labute approximate surface area is 191 Å². The summed E-state index contributed by atoms with van der Waals surface area (Å²) in [5.41, 5.74) is 5.97. The van der Waals surface area contributed by atoms with Gasteiger partial charge in [-0.25, -0.2) is 0 Å². The van der Waals surface area contributed by atoms with Gasteiger partial charge in [-0.05, 0) is 67.7 Å². The lowest BCUT2D eigenvalue weighted by Crippen LogP contribution is -2.30. The Bertz CT molecular complexity index is 1020. The summed E-state index contributed by atoms with van der Waals surface area (Å²) in [6.07, 6.45) is 3.81. The topological polar surface area (TPSA) is 36.7 Å². The van der Waals surface area contributed by atoms with Crippen molar-refractivity contribution in [3.8, 4) is 0 Å². The van der Waals surface area contributed by atoms with E-state index in [0.717, 1.165) is 56.9 Å². The van der Waals surface area contributed by atoms with Crippen molar-refractivity contribution in [1.29, 1.82) is 0 Å². The third-order valence-electron chi connectivity index (χ3n) is 6.31. The number of nitrogens with zero attached hydrogens (tertiary/aromatic N) is 2. The van der Waals surface area contributed by atoms with Crippen molar-refractivity contribution in [3.05, 3.63) is 101 Å². The second-order valence-electron chi connectivity index (χ2n) is 8.25. The molecule has 1 aromatic heterocycles. The van der Waals surface area contributed by atoms with Gasteiger partial charge in [0.25, 0.3) is 5.91 Å². The van der Waals surface area contributed by atoms with Gasteiger partial charge in [-0.1, -0.05) is 48.0 Å². The Hall–Kier alpha value is -3.11. The predicted octanol–water partition coefficient (Wildman–Crippen LogP) is 5.86. The molecule has 0 spiro atoms. The maximum atomic E-state index is 12.7. The van der Waals surface area contributed by atoms with Gasteiger partial charge in [0.05, 0.1) is 12.8 Å². The fourth-order valence-corrected chi connectivity index (χ4v) is 4.51. The van der Waals surface area contributed by atoms with E-state index in [-0.39, 0.29) is 5.91 Å². The largest absolute Gasteiger partial charge is 0.468 e. The molecule has 1 amide bonds. The van der Waals surface area contributed by atoms with Crippen LogP contribution in [0.1, 0.15) is 53.9 Å². The fraction of sp³-hybridized carbons (Fsp3) is 0.321. The lowest BCUT2D eigenvalue weighted by Gasteiger charge is -2.29. The molecule has 2 aromatic carbocycles. The van der Waals surface area contributed by atoms with Crippen LogP contribution >= 0.6 is 0 Å². The van der Waals surface area contributed by atoms with Gasteiger partial charge in [0.15, 0.2) is 0 Å². The molecule has 166 valence electrons. The van der Waals surface area contributed by atoms with Crippen LogP contribution in [0.3, 0.4) is 0 Å². The number of hydrogen-bond acceptors (Lipinski definition) is 3. The Balaban J connectivity index is 1.59. The molecule has 0 aliphatic carbocycles. The van der Waals surface area contributed by atoms with Crippen LogP contribution in [0.2, 0.25) is 0 Å². The monoisotopic (exact) mass is 428 g/mol. The molecule has 0 N–H and O–H groups in total. The molecular weight excluding hydrogens is 396 g/mol. The zero-order valence-electron chi connectivity index (χ0n) is 19.1. The lowest BCUT2D eigenvalue weighted by molar-refractivity contribution is 0.0773. The number of benzene rings is 2. The lowest BCUT2D eigenvalue weighted by atomic mass is 9.88. The van der Waals surface area contributed by atoms with Crippen LogP contribution in [-0.2, 0) is 6.54 Å². The Morgan fingerprint density at radius 1 is 0.844 bits per heavy atom. The molecule has 0 saturated carbocycles. The first kappa shape index (κ1) is 22.1. The molecule has 0 bridgehead atoms. The second kappa shape index (κ2) is 10.5. The summed E-state index contributed by atoms with van der Waals surface area (Å²) in [5, 5.41) is 0. The van der Waals surface area contributed by atoms with Crippen molar-refractivity contribution in [2.75, 3.05) is 26.2 Å². The van der Waals surface area contributed by atoms with Gasteiger partial charge in [0, 0.05) is 31.7 Å². The van der Waals surface area contributed by atoms with Crippen LogP contribution < -0.4 is 0 Å². The summed E-state index contributed by atoms with van der Waals surface area (Å²) in [6, 6.07) is 22.8. The average Bonchev–Trinajstić information content (AvgIpc) is 3.35. The van der Waals surface area contributed by atoms with E-state index >= 15 is 0 Å². The van der Waals surface area contributed by atoms with Gasteiger partial charge in [-0.3, -0.25) is 9.69 Å². The van der Waals surface area contributed by atoms with E-state index in [0.29, 0.717) is 0 Å². The van der Waals surface area contributed by atoms with E-state index in [9.17, 15) is 4.79 Å². The molecule has 4 nitrogen and oxygen atoms in total. The summed E-state index contributed by atoms with van der Waals surface area (Å²) in [5.74, 6) is 1.12. The van der Waals surface area contributed by atoms with E-state index in [4.69, 9.17) is 4.42 Å². The highest BCUT2D eigenvalue weighted by Gasteiger charge is 2.20. The first-order valence-electron chi connectivity index (χ1n) is 11.6. The summed E-state index contributed by atoms with van der Waals surface area (Å²) in [4.78, 5) is 17.0. The highest BCUT2D eigenvalue weighted by molar-refractivity contribution is 5.95. The SMILES string of the molecule is CCN(CC)C(=O)c1ccc(C(=C2CCN(Cc3ccco3)CC2)c2ccccc2)cc1. The van der Waals surface area contributed by atoms with Crippen LogP contribution in [0.5, 0.6) is 0 Å². The summed E-state index contributed by atoms with van der Waals surface area (Å²) in [7, 11) is 0. The van der Waals surface area contributed by atoms with E-state index in [1.54, 1.807) is 6.26 Å². The second-order valence-corrected chi connectivity index (χ2v) is 8.25. The van der Waals surface area contributed by atoms with Crippen LogP contribution in [-0.4, -0.2) is 41.9 Å². The molecule has 2 heterocycles. The van der Waals surface area contributed by atoms with Crippen molar-refractivity contribution < 1.29 is 9.21 Å². The highest BCUT2D eigenvalue weighted by Crippen LogP contribution is 2.33. The van der Waals surface area contributed by atoms with Crippen molar-refractivity contribution in [1.82, 2.24) is 9.80 Å². The molecule has 1 saturated heterocycles. The average molecular weight is 429 g/mol. The minimum absolute atomic E-state index is 0.0988. The summed E-state index contributed by atoms with van der Waals surface area (Å²) < 4.78 is 5.53. The first-order chi connectivity index (χ1) is 15.7. The molecule has 0 unspecified atom stereocenters. The summed E-state index contributed by atoms with van der Waals surface area (Å²) >= 11 is 0. The zero-order chi connectivity index (χ0) is 22.3. The molecule has 0 atom stereocenters. The van der Waals surface area contributed by atoms with Crippen molar-refractivity contribution in [2.45, 2.75) is 33.2 Å². The van der Waals surface area contributed by atoms with E-state index in [2.05, 4.69) is 47.4 Å². The van der Waals surface area contributed by atoms with Gasteiger partial charge >= 0.3 is 0 Å². The third kappa shape index (κ3) is 5.03. The molecule has 4 heteroatoms. The number of carbonyl (C=O) groups excluding carboxylic acids is 1. The number of amides is 1. The van der Waals surface area contributed by atoms with Gasteiger partial charge in [0.1, 0.15) is 5.76 Å². The molecular formula is C28H32N2O2. The van der Waals surface area contributed by atoms with Gasteiger partial charge in [-0.15, -0.1) is 0 Å². The molecule has 1 aliphatic heterocycles. The van der Waals surface area contributed by atoms with E-state index < -0.39 is 0 Å².